The highest BCUT2D eigenvalue weighted by molar-refractivity contribution is 9.10. The predicted octanol–water partition coefficient (Wildman–Crippen LogP) is 5.22. The Morgan fingerprint density at radius 1 is 1.12 bits per heavy atom. The number of rotatable bonds is 6. The van der Waals surface area contributed by atoms with Gasteiger partial charge in [0, 0.05) is 26.7 Å². The fourth-order valence-electron chi connectivity index (χ4n) is 2.38. The van der Waals surface area contributed by atoms with Gasteiger partial charge in [-0.15, -0.1) is 10.2 Å². The highest BCUT2D eigenvalue weighted by atomic mass is 79.9. The van der Waals surface area contributed by atoms with Crippen LogP contribution in [0.25, 0.3) is 11.4 Å². The topological polar surface area (TPSA) is 59.8 Å². The number of hydrogen-bond acceptors (Lipinski definition) is 4. The Labute approximate surface area is 172 Å². The summed E-state index contributed by atoms with van der Waals surface area (Å²) in [5.41, 5.74) is 1.75. The van der Waals surface area contributed by atoms with Crippen LogP contribution in [0, 0.1) is 0 Å². The first-order chi connectivity index (χ1) is 12.6. The van der Waals surface area contributed by atoms with Gasteiger partial charge in [-0.05, 0) is 37.3 Å². The summed E-state index contributed by atoms with van der Waals surface area (Å²) in [4.78, 5) is 12.2. The van der Waals surface area contributed by atoms with Crippen LogP contribution in [0.15, 0.2) is 62.6 Å². The molecule has 3 rings (SSSR count). The number of thioether (sulfide) groups is 1. The van der Waals surface area contributed by atoms with Gasteiger partial charge in [-0.25, -0.2) is 0 Å². The molecule has 0 spiro atoms. The summed E-state index contributed by atoms with van der Waals surface area (Å²) in [6, 6.07) is 15.4. The molecule has 0 aliphatic rings. The lowest BCUT2D eigenvalue weighted by atomic mass is 10.2. The second-order valence-corrected chi connectivity index (χ2v) is 8.09. The number of halogens is 2. The molecule has 2 aromatic carbocycles. The zero-order valence-corrected chi connectivity index (χ0v) is 17.9. The summed E-state index contributed by atoms with van der Waals surface area (Å²) in [6.07, 6.45) is 0. The van der Waals surface area contributed by atoms with E-state index in [4.69, 9.17) is 0 Å². The molecule has 0 atom stereocenters. The van der Waals surface area contributed by atoms with Crippen LogP contribution in [-0.2, 0) is 11.3 Å². The van der Waals surface area contributed by atoms with Gasteiger partial charge < -0.3 is 9.88 Å². The Balaban J connectivity index is 1.69. The minimum Gasteiger partial charge on any atom is -0.325 e. The second kappa shape index (κ2) is 8.83. The van der Waals surface area contributed by atoms with Crippen LogP contribution in [0.4, 0.5) is 5.69 Å². The van der Waals surface area contributed by atoms with Crippen molar-refractivity contribution < 1.29 is 4.79 Å². The average molecular weight is 496 g/mol. The third-order valence-electron chi connectivity index (χ3n) is 3.61. The Hall–Kier alpha value is -1.64. The summed E-state index contributed by atoms with van der Waals surface area (Å²) < 4.78 is 3.95. The van der Waals surface area contributed by atoms with Gasteiger partial charge in [-0.1, -0.05) is 61.8 Å². The number of aromatic nitrogens is 3. The Bertz CT molecular complexity index is 912. The highest BCUT2D eigenvalue weighted by Crippen LogP contribution is 2.29. The van der Waals surface area contributed by atoms with E-state index in [-0.39, 0.29) is 11.7 Å². The lowest BCUT2D eigenvalue weighted by molar-refractivity contribution is -0.113. The number of anilines is 1. The van der Waals surface area contributed by atoms with Crippen LogP contribution in [0.3, 0.4) is 0 Å². The number of nitrogens with zero attached hydrogens (tertiary/aromatic N) is 3. The predicted molar refractivity (Wildman–Crippen MR) is 112 cm³/mol. The van der Waals surface area contributed by atoms with E-state index in [1.807, 2.05) is 60.0 Å². The van der Waals surface area contributed by atoms with Crippen molar-refractivity contribution in [2.45, 2.75) is 18.6 Å². The first-order valence-corrected chi connectivity index (χ1v) is 10.5. The fourth-order valence-corrected chi connectivity index (χ4v) is 3.91. The van der Waals surface area contributed by atoms with E-state index in [9.17, 15) is 4.79 Å². The monoisotopic (exact) mass is 494 g/mol. The van der Waals surface area contributed by atoms with Gasteiger partial charge in [0.05, 0.1) is 5.75 Å². The molecule has 0 aliphatic carbocycles. The van der Waals surface area contributed by atoms with Crippen molar-refractivity contribution in [2.75, 3.05) is 11.1 Å². The first kappa shape index (κ1) is 19.1. The fraction of sp³-hybridized carbons (Fsp3) is 0.167. The SMILES string of the molecule is CCn1c(SCC(=O)Nc2ccc(Br)cc2)nnc1-c1ccccc1Br. The molecular weight excluding hydrogens is 480 g/mol. The molecule has 0 aliphatic heterocycles. The molecule has 3 aromatic rings. The largest absolute Gasteiger partial charge is 0.325 e. The summed E-state index contributed by atoms with van der Waals surface area (Å²) in [6.45, 7) is 2.76. The summed E-state index contributed by atoms with van der Waals surface area (Å²) in [5, 5.41) is 12.2. The molecular formula is C18H16Br2N4OS. The molecule has 0 saturated carbocycles. The highest BCUT2D eigenvalue weighted by Gasteiger charge is 2.16. The van der Waals surface area contributed by atoms with Crippen LogP contribution in [0.1, 0.15) is 6.92 Å². The molecule has 8 heteroatoms. The van der Waals surface area contributed by atoms with Crippen molar-refractivity contribution in [3.63, 3.8) is 0 Å². The van der Waals surface area contributed by atoms with Crippen molar-refractivity contribution in [1.82, 2.24) is 14.8 Å². The van der Waals surface area contributed by atoms with Crippen molar-refractivity contribution in [1.29, 1.82) is 0 Å². The van der Waals surface area contributed by atoms with Gasteiger partial charge in [0.2, 0.25) is 5.91 Å². The van der Waals surface area contributed by atoms with Gasteiger partial charge in [0.15, 0.2) is 11.0 Å². The standard InChI is InChI=1S/C18H16Br2N4OS/c1-2-24-17(14-5-3-4-6-15(14)20)22-23-18(24)26-11-16(25)21-13-9-7-12(19)8-10-13/h3-10H,2,11H2,1H3,(H,21,25). The maximum atomic E-state index is 12.2. The van der Waals surface area contributed by atoms with Crippen molar-refractivity contribution >= 4 is 55.2 Å². The molecule has 134 valence electrons. The number of nitrogens with one attached hydrogen (secondary N) is 1. The molecule has 5 nitrogen and oxygen atoms in total. The Morgan fingerprint density at radius 2 is 1.85 bits per heavy atom. The molecule has 0 unspecified atom stereocenters. The minimum absolute atomic E-state index is 0.0783. The van der Waals surface area contributed by atoms with E-state index < -0.39 is 0 Å². The van der Waals surface area contributed by atoms with Gasteiger partial charge in [0.25, 0.3) is 0 Å². The minimum atomic E-state index is -0.0783. The van der Waals surface area contributed by atoms with Gasteiger partial charge in [0.1, 0.15) is 0 Å². The molecule has 0 fully saturated rings. The Kier molecular flexibility index (Phi) is 6.50. The third-order valence-corrected chi connectivity index (χ3v) is 5.80. The molecule has 1 aromatic heterocycles. The van der Waals surface area contributed by atoms with E-state index in [1.54, 1.807) is 0 Å². The van der Waals surface area contributed by atoms with Crippen LogP contribution in [0.2, 0.25) is 0 Å². The number of carbonyl (C=O) groups excluding carboxylic acids is 1. The lowest BCUT2D eigenvalue weighted by Crippen LogP contribution is -2.14. The average Bonchev–Trinajstić information content (AvgIpc) is 3.05. The van der Waals surface area contributed by atoms with E-state index in [0.29, 0.717) is 0 Å². The molecule has 0 bridgehead atoms. The van der Waals surface area contributed by atoms with Crippen molar-refractivity contribution in [3.05, 3.63) is 57.5 Å². The molecule has 26 heavy (non-hydrogen) atoms. The van der Waals surface area contributed by atoms with E-state index in [2.05, 4.69) is 47.4 Å². The van der Waals surface area contributed by atoms with Gasteiger partial charge in [-0.2, -0.15) is 0 Å². The normalized spacial score (nSPS) is 10.7. The zero-order chi connectivity index (χ0) is 18.5. The lowest BCUT2D eigenvalue weighted by Gasteiger charge is -2.09. The Morgan fingerprint density at radius 3 is 2.54 bits per heavy atom. The summed E-state index contributed by atoms with van der Waals surface area (Å²) in [5.74, 6) is 0.977. The van der Waals surface area contributed by atoms with Crippen molar-refractivity contribution in [3.8, 4) is 11.4 Å². The van der Waals surface area contributed by atoms with Crippen LogP contribution >= 0.6 is 43.6 Å². The maximum absolute atomic E-state index is 12.2. The molecule has 1 N–H and O–H groups in total. The van der Waals surface area contributed by atoms with Crippen LogP contribution in [0.5, 0.6) is 0 Å². The number of carbonyl (C=O) groups is 1. The van der Waals surface area contributed by atoms with Gasteiger partial charge in [-0.3, -0.25) is 4.79 Å². The summed E-state index contributed by atoms with van der Waals surface area (Å²) >= 11 is 8.31. The zero-order valence-electron chi connectivity index (χ0n) is 13.9. The number of amides is 1. The maximum Gasteiger partial charge on any atom is 0.234 e. The van der Waals surface area contributed by atoms with Crippen LogP contribution < -0.4 is 5.32 Å². The van der Waals surface area contributed by atoms with Gasteiger partial charge >= 0.3 is 0 Å². The first-order valence-electron chi connectivity index (χ1n) is 7.94. The molecule has 1 amide bonds. The summed E-state index contributed by atoms with van der Waals surface area (Å²) in [7, 11) is 0. The van der Waals surface area contributed by atoms with Crippen molar-refractivity contribution in [2.24, 2.45) is 0 Å². The molecule has 1 heterocycles. The van der Waals surface area contributed by atoms with E-state index >= 15 is 0 Å². The van der Waals surface area contributed by atoms with E-state index in [0.717, 1.165) is 37.7 Å². The molecule has 0 saturated heterocycles. The van der Waals surface area contributed by atoms with Crippen LogP contribution in [-0.4, -0.2) is 26.4 Å². The number of hydrogen-bond donors (Lipinski definition) is 1. The second-order valence-electron chi connectivity index (χ2n) is 5.37. The smallest absolute Gasteiger partial charge is 0.234 e. The third kappa shape index (κ3) is 4.55. The quantitative estimate of drug-likeness (QED) is 0.476. The van der Waals surface area contributed by atoms with E-state index in [1.165, 1.54) is 11.8 Å². The molecule has 0 radical (unpaired) electrons. The number of benzene rings is 2.